The van der Waals surface area contributed by atoms with Gasteiger partial charge in [0.2, 0.25) is 0 Å². The number of methoxy groups -OCH3 is 1. The van der Waals surface area contributed by atoms with Gasteiger partial charge in [0.05, 0.1) is 41.6 Å². The van der Waals surface area contributed by atoms with Crippen molar-refractivity contribution >= 4 is 28.7 Å². The van der Waals surface area contributed by atoms with Gasteiger partial charge in [-0.25, -0.2) is 10.4 Å². The van der Waals surface area contributed by atoms with Crippen LogP contribution in [0.5, 0.6) is 5.75 Å². The number of nitro groups is 1. The Morgan fingerprint density at radius 3 is 2.66 bits per heavy atom. The molecular formula is C28H22N6O4. The van der Waals surface area contributed by atoms with Crippen molar-refractivity contribution in [2.45, 2.75) is 6.54 Å². The highest BCUT2D eigenvalue weighted by atomic mass is 16.6. The number of pyridine rings is 1. The molecule has 0 bridgehead atoms. The Bertz CT molecular complexity index is 1660. The predicted molar refractivity (Wildman–Crippen MR) is 143 cm³/mol. The molecule has 5 rings (SSSR count). The first-order valence-corrected chi connectivity index (χ1v) is 11.6. The van der Waals surface area contributed by atoms with Gasteiger partial charge in [0, 0.05) is 16.5 Å². The highest BCUT2D eigenvalue weighted by molar-refractivity contribution is 6.07. The lowest BCUT2D eigenvalue weighted by molar-refractivity contribution is -0.385. The van der Waals surface area contributed by atoms with Crippen molar-refractivity contribution in [1.82, 2.24) is 20.2 Å². The Balaban J connectivity index is 1.37. The molecule has 0 radical (unpaired) electrons. The molecule has 2 aromatic heterocycles. The number of hydrogen-bond acceptors (Lipinski definition) is 7. The van der Waals surface area contributed by atoms with Crippen LogP contribution in [0.2, 0.25) is 0 Å². The average molecular weight is 507 g/mol. The molecular weight excluding hydrogens is 484 g/mol. The maximum Gasteiger partial charge on any atom is 0.307 e. The van der Waals surface area contributed by atoms with Crippen LogP contribution in [0.3, 0.4) is 0 Å². The van der Waals surface area contributed by atoms with E-state index < -0.39 is 4.92 Å². The Kier molecular flexibility index (Phi) is 6.85. The fraction of sp³-hybridized carbons (Fsp3) is 0.0714. The molecule has 0 unspecified atom stereocenters. The van der Waals surface area contributed by atoms with Gasteiger partial charge in [-0.3, -0.25) is 19.6 Å². The maximum atomic E-state index is 13.2. The van der Waals surface area contributed by atoms with E-state index in [1.807, 2.05) is 60.7 Å². The second kappa shape index (κ2) is 10.7. The molecule has 0 fully saturated rings. The number of para-hydroxylation sites is 1. The van der Waals surface area contributed by atoms with Crippen LogP contribution in [0.25, 0.3) is 22.2 Å². The minimum absolute atomic E-state index is 0.0940. The molecule has 2 heterocycles. The Morgan fingerprint density at radius 2 is 1.89 bits per heavy atom. The van der Waals surface area contributed by atoms with Crippen molar-refractivity contribution in [3.8, 4) is 17.0 Å². The third kappa shape index (κ3) is 5.24. The molecule has 0 aliphatic carbocycles. The number of nitrogens with one attached hydrogen (secondary N) is 1. The van der Waals surface area contributed by atoms with Gasteiger partial charge in [0.1, 0.15) is 18.1 Å². The number of nitrogens with zero attached hydrogens (tertiary/aromatic N) is 5. The summed E-state index contributed by atoms with van der Waals surface area (Å²) in [5.74, 6) is 0.232. The molecule has 1 amide bonds. The summed E-state index contributed by atoms with van der Waals surface area (Å²) in [6, 6.07) is 24.3. The molecule has 0 aliphatic heterocycles. The Morgan fingerprint density at radius 1 is 1.11 bits per heavy atom. The van der Waals surface area contributed by atoms with Gasteiger partial charge in [0.25, 0.3) is 5.91 Å². The van der Waals surface area contributed by atoms with Crippen molar-refractivity contribution in [1.29, 1.82) is 0 Å². The summed E-state index contributed by atoms with van der Waals surface area (Å²) in [5.41, 5.74) is 6.73. The monoisotopic (exact) mass is 506 g/mol. The molecule has 10 heteroatoms. The maximum absolute atomic E-state index is 13.2. The minimum atomic E-state index is -0.499. The molecule has 1 N–H and O–H groups in total. The topological polar surface area (TPSA) is 125 Å². The molecule has 0 spiro atoms. The van der Waals surface area contributed by atoms with E-state index in [0.29, 0.717) is 28.1 Å². The zero-order valence-corrected chi connectivity index (χ0v) is 20.3. The number of ether oxygens (including phenoxy) is 1. The third-order valence-electron chi connectivity index (χ3n) is 5.88. The van der Waals surface area contributed by atoms with Crippen molar-refractivity contribution in [2.75, 3.05) is 7.11 Å². The van der Waals surface area contributed by atoms with Crippen molar-refractivity contribution < 1.29 is 14.5 Å². The van der Waals surface area contributed by atoms with Crippen LogP contribution >= 0.6 is 0 Å². The van der Waals surface area contributed by atoms with Crippen LogP contribution in [0.4, 0.5) is 5.69 Å². The van der Waals surface area contributed by atoms with Crippen LogP contribution in [0.1, 0.15) is 21.5 Å². The molecule has 0 atom stereocenters. The van der Waals surface area contributed by atoms with Crippen molar-refractivity contribution in [3.63, 3.8) is 0 Å². The predicted octanol–water partition coefficient (Wildman–Crippen LogP) is 4.83. The normalized spacial score (nSPS) is 11.1. The van der Waals surface area contributed by atoms with Gasteiger partial charge in [-0.05, 0) is 35.9 Å². The first kappa shape index (κ1) is 24.3. The largest absolute Gasteiger partial charge is 0.496 e. The molecule has 0 saturated carbocycles. The molecule has 0 saturated heterocycles. The van der Waals surface area contributed by atoms with E-state index in [1.165, 1.54) is 23.3 Å². The van der Waals surface area contributed by atoms with E-state index in [9.17, 15) is 14.9 Å². The molecule has 38 heavy (non-hydrogen) atoms. The lowest BCUT2D eigenvalue weighted by atomic mass is 10.0. The molecule has 10 nitrogen and oxygen atoms in total. The van der Waals surface area contributed by atoms with Gasteiger partial charge >= 0.3 is 5.69 Å². The summed E-state index contributed by atoms with van der Waals surface area (Å²) in [7, 11) is 1.54. The van der Waals surface area contributed by atoms with E-state index in [1.54, 1.807) is 25.3 Å². The number of carbonyl (C=O) groups excluding carboxylic acids is 1. The second-order valence-electron chi connectivity index (χ2n) is 8.36. The van der Waals surface area contributed by atoms with E-state index in [-0.39, 0.29) is 18.1 Å². The molecule has 3 aromatic carbocycles. The van der Waals surface area contributed by atoms with Crippen LogP contribution in [0, 0.1) is 10.1 Å². The number of aromatic nitrogens is 3. The highest BCUT2D eigenvalue weighted by Gasteiger charge is 2.14. The summed E-state index contributed by atoms with van der Waals surface area (Å²) < 4.78 is 6.88. The van der Waals surface area contributed by atoms with Gasteiger partial charge in [-0.2, -0.15) is 10.2 Å². The standard InChI is InChI=1S/C28H22N6O4/c1-38-27-12-11-19(13-21(27)17-33-18-22(16-30-33)34(36)37)15-29-32-28(35)24-14-26(20-7-3-2-4-8-20)31-25-10-6-5-9-23(24)25/h2-16,18H,17H2,1H3,(H,32,35)/b29-15-. The fourth-order valence-electron chi connectivity index (χ4n) is 4.06. The number of amides is 1. The quantitative estimate of drug-likeness (QED) is 0.183. The summed E-state index contributed by atoms with van der Waals surface area (Å²) in [6.07, 6.45) is 4.07. The van der Waals surface area contributed by atoms with Gasteiger partial charge in [-0.15, -0.1) is 0 Å². The number of carbonyl (C=O) groups is 1. The lowest BCUT2D eigenvalue weighted by Gasteiger charge is -2.10. The zero-order valence-electron chi connectivity index (χ0n) is 20.3. The summed E-state index contributed by atoms with van der Waals surface area (Å²) in [6.45, 7) is 0.260. The van der Waals surface area contributed by atoms with E-state index in [4.69, 9.17) is 9.72 Å². The van der Waals surface area contributed by atoms with Crippen molar-refractivity contribution in [2.24, 2.45) is 5.10 Å². The molecule has 5 aromatic rings. The van der Waals surface area contributed by atoms with Crippen LogP contribution in [-0.2, 0) is 6.54 Å². The van der Waals surface area contributed by atoms with Crippen LogP contribution in [0.15, 0.2) is 96.4 Å². The minimum Gasteiger partial charge on any atom is -0.496 e. The summed E-state index contributed by atoms with van der Waals surface area (Å²) in [4.78, 5) is 28.3. The van der Waals surface area contributed by atoms with Crippen LogP contribution in [-0.4, -0.2) is 38.9 Å². The number of benzene rings is 3. The number of rotatable bonds is 8. The first-order chi connectivity index (χ1) is 18.5. The van der Waals surface area contributed by atoms with E-state index >= 15 is 0 Å². The van der Waals surface area contributed by atoms with Crippen molar-refractivity contribution in [3.05, 3.63) is 118 Å². The smallest absolute Gasteiger partial charge is 0.307 e. The van der Waals surface area contributed by atoms with Gasteiger partial charge < -0.3 is 4.74 Å². The highest BCUT2D eigenvalue weighted by Crippen LogP contribution is 2.25. The SMILES string of the molecule is COc1ccc(/C=N\NC(=O)c2cc(-c3ccccc3)nc3ccccc23)cc1Cn1cc([N+](=O)[O-])cn1. The Hall–Kier alpha value is -5.38. The van der Waals surface area contributed by atoms with Crippen LogP contribution < -0.4 is 10.2 Å². The van der Waals surface area contributed by atoms with E-state index in [2.05, 4.69) is 15.6 Å². The molecule has 0 aliphatic rings. The number of hydrogen-bond donors (Lipinski definition) is 1. The second-order valence-corrected chi connectivity index (χ2v) is 8.36. The summed E-state index contributed by atoms with van der Waals surface area (Å²) in [5, 5.41) is 19.9. The average Bonchev–Trinajstić information content (AvgIpc) is 3.42. The first-order valence-electron chi connectivity index (χ1n) is 11.6. The fourth-order valence-corrected chi connectivity index (χ4v) is 4.06. The van der Waals surface area contributed by atoms with Gasteiger partial charge in [0.15, 0.2) is 0 Å². The summed E-state index contributed by atoms with van der Waals surface area (Å²) >= 11 is 0. The number of hydrazone groups is 1. The van der Waals surface area contributed by atoms with E-state index in [0.717, 1.165) is 16.5 Å². The third-order valence-corrected chi connectivity index (χ3v) is 5.88. The Labute approximate surface area is 217 Å². The van der Waals surface area contributed by atoms with Gasteiger partial charge in [-0.1, -0.05) is 48.5 Å². The number of fused-ring (bicyclic) bond motifs is 1. The lowest BCUT2D eigenvalue weighted by Crippen LogP contribution is -2.18. The molecule has 188 valence electrons. The zero-order chi connectivity index (χ0) is 26.5.